The number of amides is 1. The third-order valence-electron chi connectivity index (χ3n) is 2.37. The Kier molecular flexibility index (Phi) is 5.85. The summed E-state index contributed by atoms with van der Waals surface area (Å²) in [5.41, 5.74) is 0. The van der Waals surface area contributed by atoms with Crippen LogP contribution < -0.4 is 5.32 Å². The van der Waals surface area contributed by atoms with E-state index in [9.17, 15) is 4.79 Å². The van der Waals surface area contributed by atoms with Crippen LogP contribution in [0.15, 0.2) is 12.2 Å². The molecule has 1 amide bonds. The van der Waals surface area contributed by atoms with E-state index >= 15 is 0 Å². The number of ether oxygens (including phenoxy) is 1. The van der Waals surface area contributed by atoms with E-state index < -0.39 is 6.09 Å². The first-order chi connectivity index (χ1) is 7.33. The largest absolute Gasteiger partial charge is 0.446 e. The molecule has 0 heterocycles. The second-order valence-electron chi connectivity index (χ2n) is 3.66. The van der Waals surface area contributed by atoms with Gasteiger partial charge in [-0.1, -0.05) is 12.2 Å². The molecule has 0 aromatic carbocycles. The van der Waals surface area contributed by atoms with Crippen LogP contribution in [0.4, 0.5) is 4.79 Å². The van der Waals surface area contributed by atoms with Crippen LogP contribution in [0, 0.1) is 0 Å². The molecule has 1 unspecified atom stereocenters. The number of carbonyl (C=O) groups excluding carboxylic acids is 1. The minimum Gasteiger partial charge on any atom is -0.446 e. The van der Waals surface area contributed by atoms with Gasteiger partial charge in [0.2, 0.25) is 0 Å². The number of carbonyl (C=O) groups is 1. The van der Waals surface area contributed by atoms with Crippen molar-refractivity contribution in [2.45, 2.75) is 38.2 Å². The number of hydrogen-bond acceptors (Lipinski definition) is 3. The van der Waals surface area contributed by atoms with Gasteiger partial charge in [0.15, 0.2) is 0 Å². The van der Waals surface area contributed by atoms with Crippen LogP contribution in [0.2, 0.25) is 0 Å². The third kappa shape index (κ3) is 5.42. The van der Waals surface area contributed by atoms with Gasteiger partial charge < -0.3 is 15.2 Å². The molecule has 0 saturated carbocycles. The normalized spacial score (nSPS) is 23.7. The molecular formula is C11H19NO3. The fourth-order valence-corrected chi connectivity index (χ4v) is 1.59. The van der Waals surface area contributed by atoms with Gasteiger partial charge in [-0.25, -0.2) is 4.79 Å². The zero-order valence-electron chi connectivity index (χ0n) is 8.95. The molecule has 0 saturated heterocycles. The van der Waals surface area contributed by atoms with Gasteiger partial charge in [0, 0.05) is 6.54 Å². The molecule has 86 valence electrons. The van der Waals surface area contributed by atoms with Crippen LogP contribution in [0.1, 0.15) is 32.1 Å². The van der Waals surface area contributed by atoms with Gasteiger partial charge in [-0.15, -0.1) is 0 Å². The highest BCUT2D eigenvalue weighted by atomic mass is 16.6. The summed E-state index contributed by atoms with van der Waals surface area (Å²) in [5.74, 6) is 0. The second-order valence-corrected chi connectivity index (χ2v) is 3.66. The number of alkyl carbamates (subject to hydrolysis) is 1. The van der Waals surface area contributed by atoms with Gasteiger partial charge in [-0.05, 0) is 32.1 Å². The number of rotatable bonds is 3. The molecule has 0 spiro atoms. The van der Waals surface area contributed by atoms with Crippen molar-refractivity contribution < 1.29 is 14.6 Å². The SMILES string of the molecule is O=C(NCCO)OC1CC/C=C\CCC1. The molecular weight excluding hydrogens is 194 g/mol. The van der Waals surface area contributed by atoms with Gasteiger partial charge >= 0.3 is 6.09 Å². The molecule has 1 aliphatic carbocycles. The van der Waals surface area contributed by atoms with Gasteiger partial charge in [-0.2, -0.15) is 0 Å². The lowest BCUT2D eigenvalue weighted by Gasteiger charge is -2.18. The summed E-state index contributed by atoms with van der Waals surface area (Å²) < 4.78 is 5.23. The first-order valence-corrected chi connectivity index (χ1v) is 5.53. The maximum absolute atomic E-state index is 11.2. The molecule has 0 fully saturated rings. The highest BCUT2D eigenvalue weighted by molar-refractivity contribution is 5.67. The molecule has 0 bridgehead atoms. The number of aliphatic hydroxyl groups is 1. The molecule has 15 heavy (non-hydrogen) atoms. The molecule has 4 nitrogen and oxygen atoms in total. The van der Waals surface area contributed by atoms with Crippen LogP contribution in [-0.4, -0.2) is 30.5 Å². The van der Waals surface area contributed by atoms with Crippen molar-refractivity contribution in [3.05, 3.63) is 12.2 Å². The average molecular weight is 213 g/mol. The van der Waals surface area contributed by atoms with Crippen molar-refractivity contribution in [2.24, 2.45) is 0 Å². The lowest BCUT2D eigenvalue weighted by molar-refractivity contribution is 0.0850. The van der Waals surface area contributed by atoms with Gasteiger partial charge in [-0.3, -0.25) is 0 Å². The molecule has 1 atom stereocenters. The number of allylic oxidation sites excluding steroid dienone is 2. The van der Waals surface area contributed by atoms with E-state index in [0.29, 0.717) is 0 Å². The topological polar surface area (TPSA) is 58.6 Å². The Morgan fingerprint density at radius 1 is 1.40 bits per heavy atom. The second kappa shape index (κ2) is 7.29. The summed E-state index contributed by atoms with van der Waals surface area (Å²) in [6.07, 6.45) is 8.85. The fraction of sp³-hybridized carbons (Fsp3) is 0.727. The first kappa shape index (κ1) is 12.0. The third-order valence-corrected chi connectivity index (χ3v) is 2.37. The highest BCUT2D eigenvalue weighted by Gasteiger charge is 2.13. The zero-order chi connectivity index (χ0) is 10.9. The maximum Gasteiger partial charge on any atom is 0.407 e. The molecule has 0 aliphatic heterocycles. The van der Waals surface area contributed by atoms with Gasteiger partial charge in [0.25, 0.3) is 0 Å². The first-order valence-electron chi connectivity index (χ1n) is 5.53. The summed E-state index contributed by atoms with van der Waals surface area (Å²) in [4.78, 5) is 11.2. The number of hydrogen-bond donors (Lipinski definition) is 2. The van der Waals surface area contributed by atoms with E-state index in [1.807, 2.05) is 0 Å². The Morgan fingerprint density at radius 3 is 3.00 bits per heavy atom. The van der Waals surface area contributed by atoms with Crippen LogP contribution in [0.3, 0.4) is 0 Å². The Morgan fingerprint density at radius 2 is 2.20 bits per heavy atom. The van der Waals surface area contributed by atoms with Crippen LogP contribution in [0.5, 0.6) is 0 Å². The summed E-state index contributed by atoms with van der Waals surface area (Å²) in [7, 11) is 0. The summed E-state index contributed by atoms with van der Waals surface area (Å²) in [5, 5.41) is 11.0. The lowest BCUT2D eigenvalue weighted by atomic mass is 10.0. The van der Waals surface area contributed by atoms with E-state index in [0.717, 1.165) is 32.1 Å². The Hall–Kier alpha value is -1.03. The van der Waals surface area contributed by atoms with Crippen molar-refractivity contribution in [2.75, 3.05) is 13.2 Å². The molecule has 2 N–H and O–H groups in total. The van der Waals surface area contributed by atoms with E-state index in [1.54, 1.807) is 0 Å². The van der Waals surface area contributed by atoms with Crippen molar-refractivity contribution in [1.82, 2.24) is 5.32 Å². The molecule has 1 rings (SSSR count). The summed E-state index contributed by atoms with van der Waals surface area (Å²) in [6.45, 7) is 0.202. The van der Waals surface area contributed by atoms with Crippen molar-refractivity contribution in [3.8, 4) is 0 Å². The molecule has 4 heteroatoms. The molecule has 0 radical (unpaired) electrons. The monoisotopic (exact) mass is 213 g/mol. The molecule has 0 aromatic rings. The van der Waals surface area contributed by atoms with E-state index in [-0.39, 0.29) is 19.3 Å². The van der Waals surface area contributed by atoms with Crippen molar-refractivity contribution in [3.63, 3.8) is 0 Å². The van der Waals surface area contributed by atoms with Crippen LogP contribution >= 0.6 is 0 Å². The van der Waals surface area contributed by atoms with Gasteiger partial charge in [0.05, 0.1) is 6.61 Å². The zero-order valence-corrected chi connectivity index (χ0v) is 8.95. The molecule has 0 aromatic heterocycles. The number of aliphatic hydroxyl groups excluding tert-OH is 1. The fourth-order valence-electron chi connectivity index (χ4n) is 1.59. The standard InChI is InChI=1S/C11H19NO3/c13-9-8-12-11(14)15-10-6-4-2-1-3-5-7-10/h1-2,10,13H,3-9H2,(H,12,14)/b2-1-. The van der Waals surface area contributed by atoms with Crippen molar-refractivity contribution >= 4 is 6.09 Å². The predicted octanol–water partition coefficient (Wildman–Crippen LogP) is 1.59. The highest BCUT2D eigenvalue weighted by Crippen LogP contribution is 2.15. The quantitative estimate of drug-likeness (QED) is 0.700. The van der Waals surface area contributed by atoms with E-state index in [4.69, 9.17) is 9.84 Å². The average Bonchev–Trinajstić information content (AvgIpc) is 2.19. The Balaban J connectivity index is 2.23. The summed E-state index contributed by atoms with van der Waals surface area (Å²) in [6, 6.07) is 0. The Bertz CT molecular complexity index is 216. The number of nitrogens with one attached hydrogen (secondary N) is 1. The van der Waals surface area contributed by atoms with E-state index in [2.05, 4.69) is 17.5 Å². The minimum atomic E-state index is -0.418. The van der Waals surface area contributed by atoms with Crippen LogP contribution in [0.25, 0.3) is 0 Å². The summed E-state index contributed by atoms with van der Waals surface area (Å²) >= 11 is 0. The minimum absolute atomic E-state index is 0.0219. The van der Waals surface area contributed by atoms with Gasteiger partial charge in [0.1, 0.15) is 6.10 Å². The Labute approximate surface area is 90.3 Å². The smallest absolute Gasteiger partial charge is 0.407 e. The predicted molar refractivity (Wildman–Crippen MR) is 57.6 cm³/mol. The van der Waals surface area contributed by atoms with Crippen molar-refractivity contribution in [1.29, 1.82) is 0 Å². The molecule has 1 aliphatic rings. The maximum atomic E-state index is 11.2. The van der Waals surface area contributed by atoms with E-state index in [1.165, 1.54) is 0 Å². The van der Waals surface area contributed by atoms with Crippen LogP contribution in [-0.2, 0) is 4.74 Å². The lowest BCUT2D eigenvalue weighted by Crippen LogP contribution is -2.31.